The summed E-state index contributed by atoms with van der Waals surface area (Å²) in [6.45, 7) is 3.34. The van der Waals surface area contributed by atoms with Crippen molar-refractivity contribution in [1.29, 1.82) is 0 Å². The van der Waals surface area contributed by atoms with Crippen molar-refractivity contribution in [2.45, 2.75) is 32.2 Å². The van der Waals surface area contributed by atoms with Gasteiger partial charge in [0, 0.05) is 30.9 Å². The third kappa shape index (κ3) is 5.98. The summed E-state index contributed by atoms with van der Waals surface area (Å²) in [6.07, 6.45) is -3.14. The number of nitrogens with two attached hydrogens (primary N) is 1. The van der Waals surface area contributed by atoms with E-state index in [0.717, 1.165) is 27.9 Å². The predicted molar refractivity (Wildman–Crippen MR) is 115 cm³/mol. The molecule has 0 bridgehead atoms. The standard InChI is InChI=1S/C21H22N4O.C2HF3O2/c1-15-19(16-7-3-2-4-8-16)12-25(23-15)14-21(26)24-11-17-9-5-6-10-18(17)20(22)13-24;3-2(4,5)1(6)7/h2-10,12,20H,11,13-14,22H2,1H3;(H,6,7). The lowest BCUT2D eigenvalue weighted by molar-refractivity contribution is -0.192. The zero-order valence-electron chi connectivity index (χ0n) is 17.8. The molecular formula is C23H23F3N4O3. The molecule has 1 unspecified atom stereocenters. The van der Waals surface area contributed by atoms with Crippen molar-refractivity contribution in [2.75, 3.05) is 6.54 Å². The summed E-state index contributed by atoms with van der Waals surface area (Å²) in [5.41, 5.74) is 11.6. The van der Waals surface area contributed by atoms with Gasteiger partial charge in [0.25, 0.3) is 0 Å². The molecule has 0 radical (unpaired) electrons. The average molecular weight is 460 g/mol. The minimum Gasteiger partial charge on any atom is -0.475 e. The number of aliphatic carboxylic acids is 1. The van der Waals surface area contributed by atoms with E-state index in [0.29, 0.717) is 13.1 Å². The van der Waals surface area contributed by atoms with Crippen molar-refractivity contribution in [2.24, 2.45) is 5.73 Å². The number of aryl methyl sites for hydroxylation is 1. The van der Waals surface area contributed by atoms with Crippen molar-refractivity contribution in [3.63, 3.8) is 0 Å². The zero-order chi connectivity index (χ0) is 24.2. The SMILES string of the molecule is Cc1nn(CC(=O)N2Cc3ccccc3C(N)C2)cc1-c1ccccc1.O=C(O)C(F)(F)F. The molecule has 1 aliphatic heterocycles. The minimum atomic E-state index is -5.08. The summed E-state index contributed by atoms with van der Waals surface area (Å²) in [5.74, 6) is -2.72. The predicted octanol–water partition coefficient (Wildman–Crippen LogP) is 3.53. The highest BCUT2D eigenvalue weighted by Gasteiger charge is 2.38. The second-order valence-corrected chi connectivity index (χ2v) is 7.57. The van der Waals surface area contributed by atoms with Crippen molar-refractivity contribution >= 4 is 11.9 Å². The van der Waals surface area contributed by atoms with Gasteiger partial charge < -0.3 is 15.7 Å². The van der Waals surface area contributed by atoms with E-state index in [-0.39, 0.29) is 18.5 Å². The van der Waals surface area contributed by atoms with Crippen LogP contribution in [0.4, 0.5) is 13.2 Å². The summed E-state index contributed by atoms with van der Waals surface area (Å²) in [6, 6.07) is 18.0. The molecule has 2 aromatic carbocycles. The molecular weight excluding hydrogens is 437 g/mol. The van der Waals surface area contributed by atoms with Gasteiger partial charge in [-0.05, 0) is 23.6 Å². The van der Waals surface area contributed by atoms with Crippen molar-refractivity contribution in [1.82, 2.24) is 14.7 Å². The summed E-state index contributed by atoms with van der Waals surface area (Å²) >= 11 is 0. The Morgan fingerprint density at radius 3 is 2.36 bits per heavy atom. The third-order valence-corrected chi connectivity index (χ3v) is 5.16. The van der Waals surface area contributed by atoms with E-state index in [1.807, 2.05) is 60.5 Å². The number of hydrogen-bond donors (Lipinski definition) is 2. The number of nitrogens with zero attached hydrogens (tertiary/aromatic N) is 3. The van der Waals surface area contributed by atoms with Crippen LogP contribution in [0.3, 0.4) is 0 Å². The first-order valence-corrected chi connectivity index (χ1v) is 10.1. The van der Waals surface area contributed by atoms with Crippen LogP contribution in [-0.4, -0.2) is 44.4 Å². The summed E-state index contributed by atoms with van der Waals surface area (Å²) in [7, 11) is 0. The van der Waals surface area contributed by atoms with E-state index in [4.69, 9.17) is 15.6 Å². The molecule has 0 saturated carbocycles. The third-order valence-electron chi connectivity index (χ3n) is 5.16. The fourth-order valence-electron chi connectivity index (χ4n) is 3.57. The van der Waals surface area contributed by atoms with Gasteiger partial charge in [0.2, 0.25) is 5.91 Å². The first-order chi connectivity index (χ1) is 15.6. The van der Waals surface area contributed by atoms with Crippen LogP contribution in [-0.2, 0) is 22.7 Å². The fraction of sp³-hybridized carbons (Fsp3) is 0.261. The molecule has 0 aliphatic carbocycles. The van der Waals surface area contributed by atoms with Gasteiger partial charge in [0.1, 0.15) is 6.54 Å². The Balaban J connectivity index is 0.000000383. The van der Waals surface area contributed by atoms with E-state index in [2.05, 4.69) is 17.2 Å². The first-order valence-electron chi connectivity index (χ1n) is 10.1. The lowest BCUT2D eigenvalue weighted by atomic mass is 9.96. The van der Waals surface area contributed by atoms with Crippen LogP contribution in [0.25, 0.3) is 11.1 Å². The quantitative estimate of drug-likeness (QED) is 0.623. The van der Waals surface area contributed by atoms with Crippen LogP contribution in [0.2, 0.25) is 0 Å². The summed E-state index contributed by atoms with van der Waals surface area (Å²) < 4.78 is 33.5. The number of rotatable bonds is 3. The zero-order valence-corrected chi connectivity index (χ0v) is 17.8. The number of amides is 1. The normalized spacial score (nSPS) is 15.3. The fourth-order valence-corrected chi connectivity index (χ4v) is 3.57. The van der Waals surface area contributed by atoms with Gasteiger partial charge in [-0.2, -0.15) is 18.3 Å². The second-order valence-electron chi connectivity index (χ2n) is 7.57. The number of carbonyl (C=O) groups excluding carboxylic acids is 1. The molecule has 4 rings (SSSR count). The maximum absolute atomic E-state index is 12.8. The Morgan fingerprint density at radius 2 is 1.73 bits per heavy atom. The number of alkyl halides is 3. The molecule has 1 aromatic heterocycles. The lowest BCUT2D eigenvalue weighted by Crippen LogP contribution is -2.42. The Labute approximate surface area is 188 Å². The van der Waals surface area contributed by atoms with Crippen molar-refractivity contribution in [3.8, 4) is 11.1 Å². The van der Waals surface area contributed by atoms with Crippen LogP contribution in [0.15, 0.2) is 60.8 Å². The number of fused-ring (bicyclic) bond motifs is 1. The molecule has 174 valence electrons. The van der Waals surface area contributed by atoms with Crippen LogP contribution in [0, 0.1) is 6.92 Å². The molecule has 0 spiro atoms. The Morgan fingerprint density at radius 1 is 1.12 bits per heavy atom. The van der Waals surface area contributed by atoms with Gasteiger partial charge >= 0.3 is 12.1 Å². The summed E-state index contributed by atoms with van der Waals surface area (Å²) in [4.78, 5) is 23.5. The topological polar surface area (TPSA) is 101 Å². The molecule has 1 atom stereocenters. The van der Waals surface area contributed by atoms with E-state index < -0.39 is 12.1 Å². The highest BCUT2D eigenvalue weighted by Crippen LogP contribution is 2.25. The molecule has 1 amide bonds. The largest absolute Gasteiger partial charge is 0.490 e. The molecule has 33 heavy (non-hydrogen) atoms. The number of carboxylic acid groups (broad SMARTS) is 1. The van der Waals surface area contributed by atoms with E-state index in [1.54, 1.807) is 4.68 Å². The van der Waals surface area contributed by atoms with Gasteiger partial charge in [-0.1, -0.05) is 54.6 Å². The minimum absolute atomic E-state index is 0.0389. The monoisotopic (exact) mass is 460 g/mol. The maximum atomic E-state index is 12.8. The van der Waals surface area contributed by atoms with Gasteiger partial charge in [0.15, 0.2) is 0 Å². The molecule has 0 fully saturated rings. The molecule has 1 aliphatic rings. The van der Waals surface area contributed by atoms with Gasteiger partial charge in [-0.15, -0.1) is 0 Å². The van der Waals surface area contributed by atoms with E-state index >= 15 is 0 Å². The number of carboxylic acids is 1. The highest BCUT2D eigenvalue weighted by atomic mass is 19.4. The van der Waals surface area contributed by atoms with Crippen LogP contribution >= 0.6 is 0 Å². The van der Waals surface area contributed by atoms with E-state index in [9.17, 15) is 18.0 Å². The Kier molecular flexibility index (Phi) is 7.17. The molecule has 0 saturated heterocycles. The van der Waals surface area contributed by atoms with Crippen molar-refractivity contribution in [3.05, 3.63) is 77.6 Å². The molecule has 3 N–H and O–H groups in total. The van der Waals surface area contributed by atoms with Gasteiger partial charge in [-0.3, -0.25) is 9.48 Å². The van der Waals surface area contributed by atoms with Gasteiger partial charge in [0.05, 0.1) is 5.69 Å². The Hall–Kier alpha value is -3.66. The first kappa shape index (κ1) is 24.0. The maximum Gasteiger partial charge on any atom is 0.490 e. The number of benzene rings is 2. The van der Waals surface area contributed by atoms with Crippen LogP contribution in [0.5, 0.6) is 0 Å². The molecule has 3 aromatic rings. The average Bonchev–Trinajstić information content (AvgIpc) is 3.14. The lowest BCUT2D eigenvalue weighted by Gasteiger charge is -2.32. The van der Waals surface area contributed by atoms with Crippen LogP contribution < -0.4 is 5.73 Å². The number of halogens is 3. The number of hydrogen-bond acceptors (Lipinski definition) is 4. The van der Waals surface area contributed by atoms with Crippen LogP contribution in [0.1, 0.15) is 22.9 Å². The molecule has 7 nitrogen and oxygen atoms in total. The number of carbonyl (C=O) groups is 2. The smallest absolute Gasteiger partial charge is 0.475 e. The molecule has 10 heteroatoms. The highest BCUT2D eigenvalue weighted by molar-refractivity contribution is 5.77. The van der Waals surface area contributed by atoms with Crippen molar-refractivity contribution < 1.29 is 27.9 Å². The number of aromatic nitrogens is 2. The molecule has 2 heterocycles. The van der Waals surface area contributed by atoms with E-state index in [1.165, 1.54) is 0 Å². The second kappa shape index (κ2) is 9.86. The summed E-state index contributed by atoms with van der Waals surface area (Å²) in [5, 5.41) is 11.6. The Bertz CT molecular complexity index is 1130. The van der Waals surface area contributed by atoms with Gasteiger partial charge in [-0.25, -0.2) is 4.79 Å².